The molecule has 2 N–H and O–H groups in total. The van der Waals surface area contributed by atoms with Crippen molar-refractivity contribution in [1.82, 2.24) is 15.6 Å². The Hall–Kier alpha value is -2.32. The predicted octanol–water partition coefficient (Wildman–Crippen LogP) is 3.36. The van der Waals surface area contributed by atoms with Gasteiger partial charge in [-0.2, -0.15) is 11.8 Å². The number of methoxy groups -OCH3 is 1. The van der Waals surface area contributed by atoms with Crippen molar-refractivity contribution in [3.63, 3.8) is 0 Å². The first-order valence-electron chi connectivity index (χ1n) is 9.52. The van der Waals surface area contributed by atoms with E-state index in [2.05, 4.69) is 20.6 Å². The Morgan fingerprint density at radius 3 is 2.79 bits per heavy atom. The van der Waals surface area contributed by atoms with E-state index in [0.717, 1.165) is 29.0 Å². The molecule has 2 aromatic rings. The third kappa shape index (κ3) is 7.91. The van der Waals surface area contributed by atoms with Gasteiger partial charge in [0, 0.05) is 37.7 Å². The Kier molecular flexibility index (Phi) is 10.3. The molecule has 0 spiro atoms. The fourth-order valence-corrected chi connectivity index (χ4v) is 3.22. The van der Waals surface area contributed by atoms with Crippen molar-refractivity contribution in [3.8, 4) is 5.88 Å². The van der Waals surface area contributed by atoms with Crippen molar-refractivity contribution in [2.45, 2.75) is 25.8 Å². The van der Waals surface area contributed by atoms with E-state index >= 15 is 0 Å². The molecule has 1 aromatic carbocycles. The number of aromatic nitrogens is 1. The Morgan fingerprint density at radius 2 is 2.03 bits per heavy atom. The van der Waals surface area contributed by atoms with Crippen LogP contribution in [0.4, 0.5) is 4.39 Å². The molecule has 0 saturated carbocycles. The van der Waals surface area contributed by atoms with Gasteiger partial charge in [-0.3, -0.25) is 0 Å². The average Bonchev–Trinajstić information content (AvgIpc) is 2.72. The zero-order chi connectivity index (χ0) is 20.9. The van der Waals surface area contributed by atoms with Gasteiger partial charge < -0.3 is 20.1 Å². The SMILES string of the molecule is CCNC(=NCc1cccnc1OCCOC)NCc1ccc(F)cc1CSC. The fourth-order valence-electron chi connectivity index (χ4n) is 2.64. The van der Waals surface area contributed by atoms with Crippen molar-refractivity contribution < 1.29 is 13.9 Å². The smallest absolute Gasteiger partial charge is 0.218 e. The molecule has 158 valence electrons. The minimum atomic E-state index is -0.212. The van der Waals surface area contributed by atoms with Crippen molar-refractivity contribution in [2.24, 2.45) is 4.99 Å². The van der Waals surface area contributed by atoms with Gasteiger partial charge in [0.25, 0.3) is 0 Å². The van der Waals surface area contributed by atoms with Crippen LogP contribution in [0.15, 0.2) is 41.5 Å². The second-order valence-corrected chi connectivity index (χ2v) is 7.07. The minimum Gasteiger partial charge on any atom is -0.475 e. The van der Waals surface area contributed by atoms with Crippen LogP contribution >= 0.6 is 11.8 Å². The van der Waals surface area contributed by atoms with Gasteiger partial charge in [0.2, 0.25) is 5.88 Å². The van der Waals surface area contributed by atoms with Crippen LogP contribution in [-0.4, -0.2) is 44.1 Å². The van der Waals surface area contributed by atoms with Crippen LogP contribution in [0.3, 0.4) is 0 Å². The van der Waals surface area contributed by atoms with Crippen molar-refractivity contribution in [3.05, 3.63) is 59.0 Å². The van der Waals surface area contributed by atoms with E-state index in [1.165, 1.54) is 6.07 Å². The Morgan fingerprint density at radius 1 is 1.17 bits per heavy atom. The fraction of sp³-hybridized carbons (Fsp3) is 0.429. The summed E-state index contributed by atoms with van der Waals surface area (Å²) in [6, 6.07) is 8.71. The largest absolute Gasteiger partial charge is 0.475 e. The van der Waals surface area contributed by atoms with Crippen LogP contribution in [-0.2, 0) is 23.6 Å². The van der Waals surface area contributed by atoms with Crippen molar-refractivity contribution >= 4 is 17.7 Å². The van der Waals surface area contributed by atoms with Crippen LogP contribution in [0.5, 0.6) is 5.88 Å². The molecule has 1 heterocycles. The molecule has 0 aliphatic carbocycles. The summed E-state index contributed by atoms with van der Waals surface area (Å²) in [4.78, 5) is 8.93. The number of pyridine rings is 1. The number of benzene rings is 1. The molecule has 29 heavy (non-hydrogen) atoms. The van der Waals surface area contributed by atoms with E-state index < -0.39 is 0 Å². The van der Waals surface area contributed by atoms with E-state index in [1.54, 1.807) is 31.1 Å². The number of aliphatic imine (C=N–C) groups is 1. The molecule has 0 atom stereocenters. The molecule has 0 amide bonds. The molecule has 2 rings (SSSR count). The lowest BCUT2D eigenvalue weighted by Crippen LogP contribution is -2.37. The molecule has 8 heteroatoms. The van der Waals surface area contributed by atoms with Crippen molar-refractivity contribution in [1.29, 1.82) is 0 Å². The molecular formula is C21H29FN4O2S. The summed E-state index contributed by atoms with van der Waals surface area (Å²) >= 11 is 1.67. The number of ether oxygens (including phenoxy) is 2. The first kappa shape index (κ1) is 23.0. The van der Waals surface area contributed by atoms with Crippen molar-refractivity contribution in [2.75, 3.05) is 33.1 Å². The van der Waals surface area contributed by atoms with Gasteiger partial charge in [0.15, 0.2) is 5.96 Å². The van der Waals surface area contributed by atoms with Gasteiger partial charge in [0.1, 0.15) is 12.4 Å². The predicted molar refractivity (Wildman–Crippen MR) is 117 cm³/mol. The molecule has 0 radical (unpaired) electrons. The highest BCUT2D eigenvalue weighted by molar-refractivity contribution is 7.97. The van der Waals surface area contributed by atoms with E-state index in [9.17, 15) is 4.39 Å². The van der Waals surface area contributed by atoms with Crippen LogP contribution in [0.25, 0.3) is 0 Å². The Balaban J connectivity index is 2.06. The first-order valence-corrected chi connectivity index (χ1v) is 10.9. The van der Waals surface area contributed by atoms with Gasteiger partial charge in [0.05, 0.1) is 13.2 Å². The standard InChI is InChI=1S/C21H29FN4O2S/c1-4-23-21(25-13-16-7-8-19(22)12-18(16)15-29-3)26-14-17-6-5-9-24-20(17)28-11-10-27-2/h5-9,12H,4,10-11,13-15H2,1-3H3,(H2,23,25,26). The second kappa shape index (κ2) is 13.0. The van der Waals surface area contributed by atoms with Gasteiger partial charge in [-0.15, -0.1) is 0 Å². The van der Waals surface area contributed by atoms with E-state index in [0.29, 0.717) is 38.1 Å². The Labute approximate surface area is 176 Å². The number of guanidine groups is 1. The number of hydrogen-bond donors (Lipinski definition) is 2. The second-order valence-electron chi connectivity index (χ2n) is 6.20. The van der Waals surface area contributed by atoms with E-state index in [4.69, 9.17) is 9.47 Å². The lowest BCUT2D eigenvalue weighted by Gasteiger charge is -2.14. The quantitative estimate of drug-likeness (QED) is 0.330. The monoisotopic (exact) mass is 420 g/mol. The van der Waals surface area contributed by atoms with Gasteiger partial charge in [-0.25, -0.2) is 14.4 Å². The van der Waals surface area contributed by atoms with Gasteiger partial charge in [-0.05, 0) is 42.5 Å². The number of halogens is 1. The topological polar surface area (TPSA) is 67.8 Å². The molecule has 6 nitrogen and oxygen atoms in total. The number of nitrogens with zero attached hydrogens (tertiary/aromatic N) is 2. The van der Waals surface area contributed by atoms with Gasteiger partial charge >= 0.3 is 0 Å². The van der Waals surface area contributed by atoms with E-state index in [1.807, 2.05) is 31.4 Å². The number of thioether (sulfide) groups is 1. The summed E-state index contributed by atoms with van der Waals surface area (Å²) < 4.78 is 24.2. The van der Waals surface area contributed by atoms with Crippen LogP contribution in [0, 0.1) is 5.82 Å². The lowest BCUT2D eigenvalue weighted by atomic mass is 10.1. The highest BCUT2D eigenvalue weighted by Crippen LogP contribution is 2.17. The molecule has 1 aromatic heterocycles. The van der Waals surface area contributed by atoms with Crippen LogP contribution < -0.4 is 15.4 Å². The normalized spacial score (nSPS) is 11.4. The zero-order valence-corrected chi connectivity index (χ0v) is 18.0. The summed E-state index contributed by atoms with van der Waals surface area (Å²) in [6.45, 7) is 4.67. The summed E-state index contributed by atoms with van der Waals surface area (Å²) in [7, 11) is 1.63. The molecule has 0 unspecified atom stereocenters. The van der Waals surface area contributed by atoms with Gasteiger partial charge in [-0.1, -0.05) is 12.1 Å². The maximum atomic E-state index is 13.6. The summed E-state index contributed by atoms with van der Waals surface area (Å²) in [5.74, 6) is 1.79. The summed E-state index contributed by atoms with van der Waals surface area (Å²) in [5, 5.41) is 6.56. The highest BCUT2D eigenvalue weighted by Gasteiger charge is 2.07. The zero-order valence-electron chi connectivity index (χ0n) is 17.2. The number of rotatable bonds is 11. The average molecular weight is 421 g/mol. The third-order valence-corrected chi connectivity index (χ3v) is 4.64. The summed E-state index contributed by atoms with van der Waals surface area (Å²) in [6.07, 6.45) is 3.70. The van der Waals surface area contributed by atoms with E-state index in [-0.39, 0.29) is 5.82 Å². The summed E-state index contributed by atoms with van der Waals surface area (Å²) in [5.41, 5.74) is 2.93. The molecule has 0 aliphatic heterocycles. The number of nitrogens with one attached hydrogen (secondary N) is 2. The number of hydrogen-bond acceptors (Lipinski definition) is 5. The third-order valence-electron chi connectivity index (χ3n) is 4.04. The van der Waals surface area contributed by atoms with Crippen LogP contribution in [0.1, 0.15) is 23.6 Å². The maximum absolute atomic E-state index is 13.6. The highest BCUT2D eigenvalue weighted by atomic mass is 32.2. The molecule has 0 fully saturated rings. The first-order chi connectivity index (χ1) is 14.2. The Bertz CT molecular complexity index is 789. The molecular weight excluding hydrogens is 391 g/mol. The maximum Gasteiger partial charge on any atom is 0.218 e. The molecule has 0 bridgehead atoms. The van der Waals surface area contributed by atoms with Crippen LogP contribution in [0.2, 0.25) is 0 Å². The minimum absolute atomic E-state index is 0.212. The lowest BCUT2D eigenvalue weighted by molar-refractivity contribution is 0.143. The molecule has 0 aliphatic rings. The molecule has 0 saturated heterocycles.